The quantitative estimate of drug-likeness (QED) is 0.155. The van der Waals surface area contributed by atoms with Gasteiger partial charge in [-0.2, -0.15) is 0 Å². The number of benzene rings is 11. The van der Waals surface area contributed by atoms with Crippen molar-refractivity contribution < 1.29 is 0 Å². The molecule has 0 spiro atoms. The minimum absolute atomic E-state index is 0.534. The largest absolute Gasteiger partial charge is 0.310 e. The van der Waals surface area contributed by atoms with Crippen molar-refractivity contribution in [1.29, 1.82) is 0 Å². The highest BCUT2D eigenvalue weighted by Crippen LogP contribution is 2.57. The van der Waals surface area contributed by atoms with Crippen LogP contribution in [0.25, 0.3) is 80.7 Å². The second-order valence-corrected chi connectivity index (χ2v) is 19.0. The van der Waals surface area contributed by atoms with Crippen LogP contribution in [0.3, 0.4) is 0 Å². The van der Waals surface area contributed by atoms with Gasteiger partial charge >= 0.3 is 0 Å². The van der Waals surface area contributed by atoms with Crippen molar-refractivity contribution in [2.24, 2.45) is 0 Å². The Morgan fingerprint density at radius 3 is 1.65 bits per heavy atom. The van der Waals surface area contributed by atoms with Gasteiger partial charge in [0.1, 0.15) is 0 Å². The Balaban J connectivity index is 1.07. The van der Waals surface area contributed by atoms with Crippen molar-refractivity contribution >= 4 is 81.1 Å². The van der Waals surface area contributed by atoms with Gasteiger partial charge in [0, 0.05) is 59.1 Å². The summed E-state index contributed by atoms with van der Waals surface area (Å²) in [5.41, 5.74) is 16.3. The lowest BCUT2D eigenvalue weighted by Gasteiger charge is -2.35. The summed E-state index contributed by atoms with van der Waals surface area (Å²) in [4.78, 5) is 2.48. The summed E-state index contributed by atoms with van der Waals surface area (Å²) in [6.45, 7) is 0. The number of anilines is 3. The van der Waals surface area contributed by atoms with E-state index in [4.69, 9.17) is 0 Å². The second kappa shape index (κ2) is 15.3. The van der Waals surface area contributed by atoms with Gasteiger partial charge in [-0.15, -0.1) is 11.3 Å². The molecule has 2 heterocycles. The zero-order valence-electron chi connectivity index (χ0n) is 37.1. The molecule has 3 heteroatoms. The third-order valence-electron chi connectivity index (χ3n) is 14.4. The van der Waals surface area contributed by atoms with Gasteiger partial charge in [-0.05, 0) is 111 Å². The lowest BCUT2D eigenvalue weighted by Crippen LogP contribution is -2.28. The molecule has 1 aliphatic carbocycles. The van der Waals surface area contributed by atoms with Crippen molar-refractivity contribution in [3.8, 4) is 27.9 Å². The predicted octanol–water partition coefficient (Wildman–Crippen LogP) is 17.8. The first-order valence-electron chi connectivity index (χ1n) is 23.4. The van der Waals surface area contributed by atoms with E-state index in [1.54, 1.807) is 0 Å². The molecule has 0 amide bonds. The second-order valence-electron chi connectivity index (χ2n) is 17.9. The van der Waals surface area contributed by atoms with Crippen LogP contribution in [0.5, 0.6) is 0 Å². The van der Waals surface area contributed by atoms with Gasteiger partial charge in [-0.1, -0.05) is 194 Å². The molecule has 0 atom stereocenters. The molecule has 0 radical (unpaired) electrons. The topological polar surface area (TPSA) is 8.17 Å². The fourth-order valence-corrected chi connectivity index (χ4v) is 12.8. The molecule has 68 heavy (non-hydrogen) atoms. The van der Waals surface area contributed by atoms with Crippen LogP contribution in [0.15, 0.2) is 255 Å². The molecule has 1 aliphatic rings. The highest BCUT2D eigenvalue weighted by Gasteiger charge is 2.46. The zero-order valence-corrected chi connectivity index (χ0v) is 37.9. The third kappa shape index (κ3) is 5.63. The molecule has 0 bridgehead atoms. The monoisotopic (exact) mass is 882 g/mol. The first kappa shape index (κ1) is 38.7. The van der Waals surface area contributed by atoms with Crippen LogP contribution in [0.2, 0.25) is 0 Å². The number of rotatable bonds is 7. The van der Waals surface area contributed by atoms with E-state index in [1.165, 1.54) is 97.3 Å². The molecule has 2 aromatic heterocycles. The van der Waals surface area contributed by atoms with E-state index < -0.39 is 5.41 Å². The van der Waals surface area contributed by atoms with Gasteiger partial charge in [-0.3, -0.25) is 0 Å². The van der Waals surface area contributed by atoms with E-state index in [-0.39, 0.29) is 0 Å². The SMILES string of the molecule is c1ccc(-c2ccc(N(c3ccc4c(c3)C(c3ccccc3)(c3ccccc3)c3ccccc3-4)c3ccc4c(c3)c3c5ccccc5c5sc6ccccc6c5c3n4-c3ccccc3)cc2)cc1. The van der Waals surface area contributed by atoms with E-state index in [1.807, 2.05) is 11.3 Å². The highest BCUT2D eigenvalue weighted by molar-refractivity contribution is 7.27. The molecule has 2 nitrogen and oxygen atoms in total. The summed E-state index contributed by atoms with van der Waals surface area (Å²) in [5.74, 6) is 0. The number of fused-ring (bicyclic) bond motifs is 13. The van der Waals surface area contributed by atoms with Crippen molar-refractivity contribution in [1.82, 2.24) is 4.57 Å². The minimum atomic E-state index is -0.534. The summed E-state index contributed by atoms with van der Waals surface area (Å²) < 4.78 is 5.15. The summed E-state index contributed by atoms with van der Waals surface area (Å²) in [6.07, 6.45) is 0. The fraction of sp³-hybridized carbons (Fsp3) is 0.0154. The molecule has 0 aliphatic heterocycles. The van der Waals surface area contributed by atoms with E-state index in [9.17, 15) is 0 Å². The number of para-hydroxylation sites is 1. The average Bonchev–Trinajstić information content (AvgIpc) is 4.07. The minimum Gasteiger partial charge on any atom is -0.310 e. The van der Waals surface area contributed by atoms with Gasteiger partial charge in [0.25, 0.3) is 0 Å². The van der Waals surface area contributed by atoms with E-state index in [0.29, 0.717) is 0 Å². The van der Waals surface area contributed by atoms with Crippen LogP contribution in [0, 0.1) is 0 Å². The molecule has 11 aromatic carbocycles. The summed E-state index contributed by atoms with van der Waals surface area (Å²) in [6, 6.07) is 94.2. The number of aromatic nitrogens is 1. The molecule has 13 aromatic rings. The third-order valence-corrected chi connectivity index (χ3v) is 15.6. The molecule has 0 N–H and O–H groups in total. The van der Waals surface area contributed by atoms with E-state index >= 15 is 0 Å². The maximum absolute atomic E-state index is 2.52. The smallest absolute Gasteiger partial charge is 0.0714 e. The zero-order chi connectivity index (χ0) is 44.8. The van der Waals surface area contributed by atoms with Crippen LogP contribution in [-0.2, 0) is 5.41 Å². The van der Waals surface area contributed by atoms with Gasteiger partial charge in [0.05, 0.1) is 16.4 Å². The lowest BCUT2D eigenvalue weighted by molar-refractivity contribution is 0.768. The first-order chi connectivity index (χ1) is 33.8. The van der Waals surface area contributed by atoms with Crippen molar-refractivity contribution in [2.75, 3.05) is 4.90 Å². The Labute approximate surface area is 398 Å². The Morgan fingerprint density at radius 1 is 0.368 bits per heavy atom. The van der Waals surface area contributed by atoms with Crippen molar-refractivity contribution in [3.05, 3.63) is 277 Å². The Kier molecular flexibility index (Phi) is 8.71. The molecule has 318 valence electrons. The summed E-state index contributed by atoms with van der Waals surface area (Å²) in [7, 11) is 0. The van der Waals surface area contributed by atoms with Crippen molar-refractivity contribution in [3.63, 3.8) is 0 Å². The van der Waals surface area contributed by atoms with Gasteiger partial charge < -0.3 is 9.47 Å². The molecular formula is C65H42N2S. The van der Waals surface area contributed by atoms with Gasteiger partial charge in [0.15, 0.2) is 0 Å². The number of thiophene rings is 1. The first-order valence-corrected chi connectivity index (χ1v) is 24.2. The summed E-state index contributed by atoms with van der Waals surface area (Å²) >= 11 is 1.90. The average molecular weight is 883 g/mol. The molecule has 0 unspecified atom stereocenters. The molecule has 14 rings (SSSR count). The van der Waals surface area contributed by atoms with Gasteiger partial charge in [-0.25, -0.2) is 0 Å². The van der Waals surface area contributed by atoms with Crippen LogP contribution >= 0.6 is 11.3 Å². The summed E-state index contributed by atoms with van der Waals surface area (Å²) in [5, 5.41) is 7.65. The van der Waals surface area contributed by atoms with Crippen LogP contribution in [0.4, 0.5) is 17.1 Å². The predicted molar refractivity (Wildman–Crippen MR) is 289 cm³/mol. The van der Waals surface area contributed by atoms with Gasteiger partial charge in [0.2, 0.25) is 0 Å². The van der Waals surface area contributed by atoms with Crippen LogP contribution in [-0.4, -0.2) is 4.57 Å². The Morgan fingerprint density at radius 2 is 0.912 bits per heavy atom. The standard InChI is InChI=1S/C65H42N2S/c1-5-19-43(20-6-1)44-33-35-48(36-34-44)66(50-37-39-52-51-27-15-17-31-57(51)65(58(52)42-50,45-21-7-2-8-22-45)46-23-9-3-10-24-46)49-38-40-59-56(41-49)61-53-28-13-14-29-54(53)64-62(55-30-16-18-32-60(55)68-64)63(61)67(59)47-25-11-4-12-26-47/h1-42H. The van der Waals surface area contributed by atoms with Crippen LogP contribution < -0.4 is 4.90 Å². The maximum Gasteiger partial charge on any atom is 0.0714 e. The fourth-order valence-electron chi connectivity index (χ4n) is 11.6. The molecule has 0 saturated heterocycles. The van der Waals surface area contributed by atoms with Crippen molar-refractivity contribution in [2.45, 2.75) is 5.41 Å². The Bertz CT molecular complexity index is 4020. The van der Waals surface area contributed by atoms with Crippen LogP contribution in [0.1, 0.15) is 22.3 Å². The number of hydrogen-bond acceptors (Lipinski definition) is 2. The van der Waals surface area contributed by atoms with E-state index in [2.05, 4.69) is 264 Å². The molecule has 0 saturated carbocycles. The Hall–Kier alpha value is -8.50. The number of hydrogen-bond donors (Lipinski definition) is 0. The normalized spacial score (nSPS) is 12.8. The lowest BCUT2D eigenvalue weighted by atomic mass is 9.67. The molecular weight excluding hydrogens is 841 g/mol. The van der Waals surface area contributed by atoms with E-state index in [0.717, 1.165) is 22.7 Å². The maximum atomic E-state index is 2.52. The number of nitrogens with zero attached hydrogens (tertiary/aromatic N) is 2. The molecule has 0 fully saturated rings. The highest BCUT2D eigenvalue weighted by atomic mass is 32.1.